The smallest absolute Gasteiger partial charge is 0.143 e. The van der Waals surface area contributed by atoms with Gasteiger partial charge in [-0.25, -0.2) is 9.37 Å². The number of halogens is 2. The Balaban J connectivity index is 2.36. The number of nitrogens with zero attached hydrogens (tertiary/aromatic N) is 2. The number of aliphatic hydroxyl groups excluding tert-OH is 1. The van der Waals surface area contributed by atoms with Gasteiger partial charge in [0, 0.05) is 10.2 Å². The summed E-state index contributed by atoms with van der Waals surface area (Å²) in [4.78, 5) is 4.43. The van der Waals surface area contributed by atoms with Crippen molar-refractivity contribution in [3.63, 3.8) is 0 Å². The third kappa shape index (κ3) is 2.41. The van der Waals surface area contributed by atoms with E-state index in [-0.39, 0.29) is 5.82 Å². The molecule has 108 valence electrons. The van der Waals surface area contributed by atoms with Gasteiger partial charge in [-0.2, -0.15) is 0 Å². The number of rotatable bonds is 2. The molecule has 1 aromatic heterocycles. The quantitative estimate of drug-likeness (QED) is 0.695. The van der Waals surface area contributed by atoms with Crippen LogP contribution in [-0.2, 0) is 0 Å². The van der Waals surface area contributed by atoms with Crippen molar-refractivity contribution >= 4 is 32.7 Å². The van der Waals surface area contributed by atoms with Crippen LogP contribution in [0.4, 0.5) is 10.1 Å². The molecule has 3 N–H and O–H groups in total. The van der Waals surface area contributed by atoms with Crippen molar-refractivity contribution in [3.8, 4) is 5.69 Å². The van der Waals surface area contributed by atoms with Crippen molar-refractivity contribution in [2.24, 2.45) is 0 Å². The summed E-state index contributed by atoms with van der Waals surface area (Å²) in [6.07, 6.45) is -0.768. The fourth-order valence-corrected chi connectivity index (χ4v) is 2.84. The van der Waals surface area contributed by atoms with Crippen molar-refractivity contribution < 1.29 is 9.50 Å². The van der Waals surface area contributed by atoms with Crippen LogP contribution in [0.5, 0.6) is 0 Å². The number of nitrogen functional groups attached to an aromatic ring is 1. The number of imidazole rings is 1. The van der Waals surface area contributed by atoms with E-state index in [0.717, 1.165) is 5.52 Å². The molecule has 0 aliphatic rings. The molecule has 0 aliphatic heterocycles. The zero-order valence-electron chi connectivity index (χ0n) is 11.2. The third-order valence-electron chi connectivity index (χ3n) is 3.23. The Morgan fingerprint density at radius 1 is 1.29 bits per heavy atom. The maximum atomic E-state index is 13.3. The average molecular weight is 350 g/mol. The van der Waals surface area contributed by atoms with E-state index >= 15 is 0 Å². The van der Waals surface area contributed by atoms with E-state index in [1.807, 2.05) is 6.07 Å². The lowest BCUT2D eigenvalue weighted by Gasteiger charge is -2.13. The Labute approximate surface area is 129 Å². The normalized spacial score (nSPS) is 12.8. The predicted octanol–water partition coefficient (Wildman–Crippen LogP) is 3.56. The second-order valence-electron chi connectivity index (χ2n) is 4.83. The van der Waals surface area contributed by atoms with Crippen LogP contribution in [0, 0.1) is 5.82 Å². The molecule has 6 heteroatoms. The molecular weight excluding hydrogens is 337 g/mol. The monoisotopic (exact) mass is 349 g/mol. The summed E-state index contributed by atoms with van der Waals surface area (Å²) in [6, 6.07) is 9.74. The molecule has 3 rings (SSSR count). The van der Waals surface area contributed by atoms with Crippen LogP contribution in [0.1, 0.15) is 18.9 Å². The lowest BCUT2D eigenvalue weighted by atomic mass is 10.2. The SMILES string of the molecule is CC(O)c1nc2cc(N)ccc2n1-c1ccc(F)cc1Br. The molecule has 2 aromatic carbocycles. The fraction of sp³-hybridized carbons (Fsp3) is 0.133. The van der Waals surface area contributed by atoms with E-state index in [1.165, 1.54) is 12.1 Å². The Hall–Kier alpha value is -1.92. The van der Waals surface area contributed by atoms with Crippen molar-refractivity contribution in [2.75, 3.05) is 5.73 Å². The summed E-state index contributed by atoms with van der Waals surface area (Å²) in [5.74, 6) is 0.140. The summed E-state index contributed by atoms with van der Waals surface area (Å²) in [6.45, 7) is 1.64. The molecule has 21 heavy (non-hydrogen) atoms. The predicted molar refractivity (Wildman–Crippen MR) is 83.8 cm³/mol. The number of hydrogen-bond acceptors (Lipinski definition) is 3. The van der Waals surface area contributed by atoms with E-state index in [9.17, 15) is 9.50 Å². The number of hydrogen-bond donors (Lipinski definition) is 2. The second kappa shape index (κ2) is 5.13. The zero-order valence-corrected chi connectivity index (χ0v) is 12.8. The lowest BCUT2D eigenvalue weighted by Crippen LogP contribution is -2.05. The molecular formula is C15H13BrFN3O. The van der Waals surface area contributed by atoms with Crippen LogP contribution in [0.3, 0.4) is 0 Å². The molecule has 0 fully saturated rings. The van der Waals surface area contributed by atoms with Crippen LogP contribution in [-0.4, -0.2) is 14.7 Å². The number of aliphatic hydroxyl groups is 1. The highest BCUT2D eigenvalue weighted by Gasteiger charge is 2.18. The van der Waals surface area contributed by atoms with Crippen LogP contribution in [0.25, 0.3) is 16.7 Å². The summed E-state index contributed by atoms with van der Waals surface area (Å²) < 4.78 is 15.7. The van der Waals surface area contributed by atoms with E-state index < -0.39 is 6.10 Å². The first-order valence-corrected chi connectivity index (χ1v) is 7.18. The minimum Gasteiger partial charge on any atom is -0.399 e. The number of anilines is 1. The highest BCUT2D eigenvalue weighted by Crippen LogP contribution is 2.30. The van der Waals surface area contributed by atoms with Crippen molar-refractivity contribution in [1.29, 1.82) is 0 Å². The largest absolute Gasteiger partial charge is 0.399 e. The minimum atomic E-state index is -0.768. The maximum Gasteiger partial charge on any atom is 0.143 e. The van der Waals surface area contributed by atoms with Gasteiger partial charge < -0.3 is 10.8 Å². The van der Waals surface area contributed by atoms with Gasteiger partial charge in [0.15, 0.2) is 0 Å². The van der Waals surface area contributed by atoms with Gasteiger partial charge in [-0.05, 0) is 59.3 Å². The van der Waals surface area contributed by atoms with Gasteiger partial charge in [-0.3, -0.25) is 4.57 Å². The first-order chi connectivity index (χ1) is 9.97. The molecule has 0 spiro atoms. The van der Waals surface area contributed by atoms with Gasteiger partial charge in [0.2, 0.25) is 0 Å². The molecule has 1 atom stereocenters. The topological polar surface area (TPSA) is 64.1 Å². The van der Waals surface area contributed by atoms with Gasteiger partial charge in [0.05, 0.1) is 16.7 Å². The van der Waals surface area contributed by atoms with E-state index in [1.54, 1.807) is 29.7 Å². The molecule has 0 saturated heterocycles. The minimum absolute atomic E-state index is 0.335. The van der Waals surface area contributed by atoms with Crippen LogP contribution < -0.4 is 5.73 Å². The van der Waals surface area contributed by atoms with Crippen molar-refractivity contribution in [2.45, 2.75) is 13.0 Å². The third-order valence-corrected chi connectivity index (χ3v) is 3.86. The molecule has 1 unspecified atom stereocenters. The Kier molecular flexibility index (Phi) is 3.43. The number of nitrogens with two attached hydrogens (primary N) is 1. The molecule has 0 bridgehead atoms. The highest BCUT2D eigenvalue weighted by molar-refractivity contribution is 9.10. The van der Waals surface area contributed by atoms with E-state index in [0.29, 0.717) is 27.2 Å². The summed E-state index contributed by atoms with van der Waals surface area (Å²) in [5, 5.41) is 9.98. The highest BCUT2D eigenvalue weighted by atomic mass is 79.9. The number of fused-ring (bicyclic) bond motifs is 1. The lowest BCUT2D eigenvalue weighted by molar-refractivity contribution is 0.187. The van der Waals surface area contributed by atoms with E-state index in [4.69, 9.17) is 5.73 Å². The van der Waals surface area contributed by atoms with Gasteiger partial charge in [-0.15, -0.1) is 0 Å². The molecule has 0 aliphatic carbocycles. The molecule has 0 radical (unpaired) electrons. The summed E-state index contributed by atoms with van der Waals surface area (Å²) >= 11 is 3.36. The fourth-order valence-electron chi connectivity index (χ4n) is 2.31. The van der Waals surface area contributed by atoms with Crippen LogP contribution >= 0.6 is 15.9 Å². The van der Waals surface area contributed by atoms with Crippen molar-refractivity contribution in [3.05, 3.63) is 52.5 Å². The van der Waals surface area contributed by atoms with Gasteiger partial charge in [0.25, 0.3) is 0 Å². The molecule has 4 nitrogen and oxygen atoms in total. The first-order valence-electron chi connectivity index (χ1n) is 6.38. The zero-order chi connectivity index (χ0) is 15.1. The molecule has 1 heterocycles. The summed E-state index contributed by atoms with van der Waals surface area (Å²) in [7, 11) is 0. The molecule has 3 aromatic rings. The summed E-state index contributed by atoms with van der Waals surface area (Å²) in [5.41, 5.74) is 8.57. The van der Waals surface area contributed by atoms with E-state index in [2.05, 4.69) is 20.9 Å². The number of aromatic nitrogens is 2. The maximum absolute atomic E-state index is 13.3. The Bertz CT molecular complexity index is 829. The standard InChI is InChI=1S/C15H13BrFN3O/c1-8(21)15-19-12-7-10(18)3-5-14(12)20(15)13-4-2-9(17)6-11(13)16/h2-8,21H,18H2,1H3. The van der Waals surface area contributed by atoms with Gasteiger partial charge in [-0.1, -0.05) is 0 Å². The molecule has 0 amide bonds. The second-order valence-corrected chi connectivity index (χ2v) is 5.68. The van der Waals surface area contributed by atoms with Gasteiger partial charge >= 0.3 is 0 Å². The number of benzene rings is 2. The van der Waals surface area contributed by atoms with Gasteiger partial charge in [0.1, 0.15) is 17.7 Å². The van der Waals surface area contributed by atoms with Crippen LogP contribution in [0.2, 0.25) is 0 Å². The van der Waals surface area contributed by atoms with Crippen LogP contribution in [0.15, 0.2) is 40.9 Å². The Morgan fingerprint density at radius 3 is 2.71 bits per heavy atom. The van der Waals surface area contributed by atoms with Crippen molar-refractivity contribution in [1.82, 2.24) is 9.55 Å². The first kappa shape index (κ1) is 14.0. The Morgan fingerprint density at radius 2 is 2.05 bits per heavy atom. The molecule has 0 saturated carbocycles. The average Bonchev–Trinajstić information content (AvgIpc) is 2.77.